The maximum atomic E-state index is 12.5. The van der Waals surface area contributed by atoms with Crippen LogP contribution in [-0.4, -0.2) is 46.8 Å². The van der Waals surface area contributed by atoms with Crippen LogP contribution in [-0.2, 0) is 40.6 Å². The topological polar surface area (TPSA) is 139 Å². The van der Waals surface area contributed by atoms with Gasteiger partial charge in [-0.05, 0) is 25.0 Å². The minimum absolute atomic E-state index is 0.0314. The van der Waals surface area contributed by atoms with Crippen LogP contribution in [0.1, 0.15) is 31.9 Å². The highest BCUT2D eigenvalue weighted by molar-refractivity contribution is 7.53. The lowest BCUT2D eigenvalue weighted by molar-refractivity contribution is -0.161. The second-order valence-electron chi connectivity index (χ2n) is 5.79. The van der Waals surface area contributed by atoms with Gasteiger partial charge in [0.05, 0.1) is 19.4 Å². The highest BCUT2D eigenvalue weighted by atomic mass is 31.2. The molecule has 0 heterocycles. The van der Waals surface area contributed by atoms with Crippen LogP contribution in [0, 0.1) is 0 Å². The van der Waals surface area contributed by atoms with Gasteiger partial charge in [-0.25, -0.2) is 9.59 Å². The van der Waals surface area contributed by atoms with Crippen LogP contribution < -0.4 is 5.32 Å². The molecule has 0 aliphatic rings. The molecular weight excluding hydrogens is 377 g/mol. The summed E-state index contributed by atoms with van der Waals surface area (Å²) in [4.78, 5) is 34.4. The minimum Gasteiger partial charge on any atom is -0.479 e. The molecule has 1 aromatic rings. The highest BCUT2D eigenvalue weighted by Crippen LogP contribution is 2.51. The average Bonchev–Trinajstić information content (AvgIpc) is 2.55. The van der Waals surface area contributed by atoms with Crippen molar-refractivity contribution in [3.8, 4) is 0 Å². The van der Waals surface area contributed by atoms with Crippen LogP contribution in [0.15, 0.2) is 24.3 Å². The second kappa shape index (κ2) is 9.64. The van der Waals surface area contributed by atoms with Gasteiger partial charge < -0.3 is 24.6 Å². The number of benzene rings is 1. The molecule has 9 nitrogen and oxygen atoms in total. The Bertz CT molecular complexity index is 707. The molecule has 0 aliphatic heterocycles. The van der Waals surface area contributed by atoms with E-state index in [2.05, 4.69) is 0 Å². The summed E-state index contributed by atoms with van der Waals surface area (Å²) in [6.07, 6.45) is -0.421. The van der Waals surface area contributed by atoms with Crippen LogP contribution in [0.25, 0.3) is 0 Å². The number of hydrogen-bond acceptors (Lipinski definition) is 6. The largest absolute Gasteiger partial charge is 0.479 e. The van der Waals surface area contributed by atoms with Crippen LogP contribution in [0.4, 0.5) is 0 Å². The van der Waals surface area contributed by atoms with Gasteiger partial charge >= 0.3 is 19.5 Å². The fourth-order valence-electron chi connectivity index (χ4n) is 2.51. The summed E-state index contributed by atoms with van der Waals surface area (Å²) in [5.74, 6) is -4.12. The Kier molecular flexibility index (Phi) is 8.15. The predicted molar refractivity (Wildman–Crippen MR) is 96.5 cm³/mol. The van der Waals surface area contributed by atoms with Gasteiger partial charge in [0.1, 0.15) is 0 Å². The molecule has 10 heteroatoms. The Morgan fingerprint density at radius 2 is 1.44 bits per heavy atom. The molecule has 0 saturated carbocycles. The number of hydrogen-bond donors (Lipinski definition) is 3. The van der Waals surface area contributed by atoms with Crippen molar-refractivity contribution in [1.82, 2.24) is 5.32 Å². The van der Waals surface area contributed by atoms with Crippen molar-refractivity contribution < 1.29 is 38.2 Å². The van der Waals surface area contributed by atoms with E-state index in [0.29, 0.717) is 11.1 Å². The molecule has 0 spiro atoms. The number of amides is 1. The fourth-order valence-corrected chi connectivity index (χ4v) is 4.21. The molecule has 0 aliphatic carbocycles. The van der Waals surface area contributed by atoms with Crippen molar-refractivity contribution in [2.24, 2.45) is 0 Å². The molecule has 0 aromatic heterocycles. The minimum atomic E-state index is -3.29. The monoisotopic (exact) mass is 401 g/mol. The summed E-state index contributed by atoms with van der Waals surface area (Å²) in [6, 6.07) is 6.20. The highest BCUT2D eigenvalue weighted by Gasteiger charge is 2.47. The third-order valence-electron chi connectivity index (χ3n) is 3.64. The third-order valence-corrected chi connectivity index (χ3v) is 5.70. The lowest BCUT2D eigenvalue weighted by atomic mass is 9.90. The summed E-state index contributed by atoms with van der Waals surface area (Å²) in [7, 11) is -3.29. The van der Waals surface area contributed by atoms with Crippen molar-refractivity contribution in [2.45, 2.75) is 38.9 Å². The quantitative estimate of drug-likeness (QED) is 0.378. The van der Waals surface area contributed by atoms with E-state index in [1.54, 1.807) is 26.0 Å². The number of aliphatic carboxylic acids is 2. The maximum absolute atomic E-state index is 12.5. The number of rotatable bonds is 11. The van der Waals surface area contributed by atoms with Gasteiger partial charge in [0.2, 0.25) is 11.4 Å². The van der Waals surface area contributed by atoms with Gasteiger partial charge in [-0.3, -0.25) is 9.36 Å². The van der Waals surface area contributed by atoms with Crippen LogP contribution in [0.5, 0.6) is 0 Å². The van der Waals surface area contributed by atoms with E-state index in [9.17, 15) is 29.2 Å². The van der Waals surface area contributed by atoms with E-state index < -0.39 is 37.4 Å². The van der Waals surface area contributed by atoms with Crippen LogP contribution in [0.3, 0.4) is 0 Å². The molecule has 0 saturated heterocycles. The predicted octanol–water partition coefficient (Wildman–Crippen LogP) is 2.04. The number of carbonyl (C=O) groups is 3. The van der Waals surface area contributed by atoms with Crippen molar-refractivity contribution >= 4 is 25.4 Å². The van der Waals surface area contributed by atoms with Crippen molar-refractivity contribution in [1.29, 1.82) is 0 Å². The molecule has 0 atom stereocenters. The lowest BCUT2D eigenvalue weighted by Crippen LogP contribution is -2.61. The van der Waals surface area contributed by atoms with E-state index in [0.717, 1.165) is 6.92 Å². The zero-order chi connectivity index (χ0) is 20.7. The van der Waals surface area contributed by atoms with E-state index in [-0.39, 0.29) is 19.4 Å². The van der Waals surface area contributed by atoms with Gasteiger partial charge in [0, 0.05) is 13.3 Å². The van der Waals surface area contributed by atoms with Gasteiger partial charge in [-0.15, -0.1) is 0 Å². The van der Waals surface area contributed by atoms with Crippen molar-refractivity contribution in [2.75, 3.05) is 13.2 Å². The Balaban J connectivity index is 3.06. The molecule has 0 bridgehead atoms. The zero-order valence-corrected chi connectivity index (χ0v) is 16.3. The first-order valence-corrected chi connectivity index (χ1v) is 10.0. The summed E-state index contributed by atoms with van der Waals surface area (Å²) >= 11 is 0. The lowest BCUT2D eigenvalue weighted by Gasteiger charge is -2.25. The Morgan fingerprint density at radius 1 is 1.00 bits per heavy atom. The first-order chi connectivity index (χ1) is 12.6. The maximum Gasteiger partial charge on any atom is 0.341 e. The smallest absolute Gasteiger partial charge is 0.341 e. The van der Waals surface area contributed by atoms with Gasteiger partial charge in [0.15, 0.2) is 0 Å². The third kappa shape index (κ3) is 6.16. The molecule has 1 amide bonds. The SMILES string of the molecule is CCOP(=O)(Cc1ccc(CC(NC(C)=O)(C(=O)O)C(=O)O)cc1)OCC. The number of carboxylic acid groups (broad SMARTS) is 2. The van der Waals surface area contributed by atoms with E-state index in [1.165, 1.54) is 12.1 Å². The Labute approximate surface area is 157 Å². The summed E-state index contributed by atoms with van der Waals surface area (Å²) < 4.78 is 23.0. The number of carbonyl (C=O) groups excluding carboxylic acids is 1. The second-order valence-corrected chi connectivity index (χ2v) is 7.85. The molecule has 0 unspecified atom stereocenters. The van der Waals surface area contributed by atoms with E-state index >= 15 is 0 Å². The molecule has 3 N–H and O–H groups in total. The molecule has 1 aromatic carbocycles. The zero-order valence-electron chi connectivity index (χ0n) is 15.4. The van der Waals surface area contributed by atoms with Gasteiger partial charge in [-0.1, -0.05) is 24.3 Å². The summed E-state index contributed by atoms with van der Waals surface area (Å²) in [5.41, 5.74) is -1.47. The van der Waals surface area contributed by atoms with Crippen LogP contribution in [0.2, 0.25) is 0 Å². The van der Waals surface area contributed by atoms with Crippen LogP contribution >= 0.6 is 7.60 Å². The normalized spacial score (nSPS) is 11.8. The fraction of sp³-hybridized carbons (Fsp3) is 0.471. The van der Waals surface area contributed by atoms with Crippen molar-refractivity contribution in [3.05, 3.63) is 35.4 Å². The van der Waals surface area contributed by atoms with E-state index in [1.807, 2.05) is 5.32 Å². The van der Waals surface area contributed by atoms with E-state index in [4.69, 9.17) is 9.05 Å². The Hall–Kier alpha value is -2.22. The summed E-state index contributed by atoms with van der Waals surface area (Å²) in [5, 5.41) is 20.7. The van der Waals surface area contributed by atoms with Crippen molar-refractivity contribution in [3.63, 3.8) is 0 Å². The van der Waals surface area contributed by atoms with Gasteiger partial charge in [0.25, 0.3) is 0 Å². The molecule has 150 valence electrons. The first kappa shape index (κ1) is 22.8. The summed E-state index contributed by atoms with van der Waals surface area (Å²) in [6.45, 7) is 4.91. The molecule has 0 radical (unpaired) electrons. The molecular formula is C17H24NO8P. The molecule has 27 heavy (non-hydrogen) atoms. The standard InChI is InChI=1S/C17H24NO8P/c1-4-25-27(24,26-5-2)11-14-8-6-13(7-9-14)10-17(15(20)21,16(22)23)18-12(3)19/h6-9H,4-5,10-11H2,1-3H3,(H,18,19)(H,20,21)(H,22,23). The Morgan fingerprint density at radius 3 is 1.81 bits per heavy atom. The molecule has 0 fully saturated rings. The van der Waals surface area contributed by atoms with Gasteiger partial charge in [-0.2, -0.15) is 0 Å². The number of nitrogens with one attached hydrogen (secondary N) is 1. The number of carboxylic acids is 2. The molecule has 1 rings (SSSR count). The average molecular weight is 401 g/mol. The first-order valence-electron chi connectivity index (χ1n) is 8.30.